The molecule has 0 spiro atoms. The second-order valence-electron chi connectivity index (χ2n) is 2.56. The van der Waals surface area contributed by atoms with Gasteiger partial charge in [-0.05, 0) is 29.2 Å². The molecule has 0 atom stereocenters. The molecule has 62 valence electrons. The molecule has 0 fully saturated rings. The Morgan fingerprint density at radius 1 is 1.50 bits per heavy atom. The lowest BCUT2D eigenvalue weighted by atomic mass is 10.2. The van der Waals surface area contributed by atoms with Crippen molar-refractivity contribution in [3.63, 3.8) is 0 Å². The largest absolute Gasteiger partial charge is 0.392 e. The van der Waals surface area contributed by atoms with Crippen LogP contribution in [0.25, 0.3) is 10.1 Å². The number of nitrogens with two attached hydrogens (primary N) is 1. The molecule has 2 rings (SSSR count). The Hall–Kier alpha value is -1.13. The van der Waals surface area contributed by atoms with Crippen LogP contribution in [0, 0.1) is 0 Å². The van der Waals surface area contributed by atoms with Crippen molar-refractivity contribution in [3.05, 3.63) is 23.8 Å². The zero-order valence-electron chi connectivity index (χ0n) is 6.32. The van der Waals surface area contributed by atoms with Crippen molar-refractivity contribution >= 4 is 27.4 Å². The molecule has 0 saturated heterocycles. The van der Waals surface area contributed by atoms with E-state index < -0.39 is 0 Å². The first kappa shape index (κ1) is 7.52. The molecule has 0 bridgehead atoms. The van der Waals surface area contributed by atoms with Crippen molar-refractivity contribution < 1.29 is 5.11 Å². The van der Waals surface area contributed by atoms with Crippen LogP contribution in [-0.4, -0.2) is 9.48 Å². The zero-order valence-corrected chi connectivity index (χ0v) is 7.14. The maximum absolute atomic E-state index is 8.87. The molecule has 1 aromatic heterocycles. The van der Waals surface area contributed by atoms with Gasteiger partial charge in [0.2, 0.25) is 0 Å². The van der Waals surface area contributed by atoms with Crippen LogP contribution >= 0.6 is 11.5 Å². The van der Waals surface area contributed by atoms with Crippen LogP contribution in [0.3, 0.4) is 0 Å². The highest BCUT2D eigenvalue weighted by atomic mass is 32.1. The molecule has 0 saturated carbocycles. The first-order valence-corrected chi connectivity index (χ1v) is 4.33. The number of rotatable bonds is 1. The monoisotopic (exact) mass is 180 g/mol. The van der Waals surface area contributed by atoms with Gasteiger partial charge in [0.15, 0.2) is 0 Å². The van der Waals surface area contributed by atoms with Gasteiger partial charge in [0.1, 0.15) is 5.82 Å². The fraction of sp³-hybridized carbons (Fsp3) is 0.125. The SMILES string of the molecule is Nc1nsc2ccc(CO)cc12. The summed E-state index contributed by atoms with van der Waals surface area (Å²) in [4.78, 5) is 0. The molecule has 3 N–H and O–H groups in total. The Kier molecular flexibility index (Phi) is 1.71. The van der Waals surface area contributed by atoms with E-state index in [2.05, 4.69) is 4.37 Å². The molecule has 0 amide bonds. The van der Waals surface area contributed by atoms with E-state index >= 15 is 0 Å². The highest BCUT2D eigenvalue weighted by molar-refractivity contribution is 7.13. The molecule has 0 aliphatic rings. The Morgan fingerprint density at radius 2 is 2.33 bits per heavy atom. The van der Waals surface area contributed by atoms with Gasteiger partial charge in [-0.15, -0.1) is 0 Å². The van der Waals surface area contributed by atoms with E-state index in [9.17, 15) is 0 Å². The van der Waals surface area contributed by atoms with Crippen molar-refractivity contribution in [2.45, 2.75) is 6.61 Å². The third kappa shape index (κ3) is 1.05. The second-order valence-corrected chi connectivity index (χ2v) is 3.36. The zero-order chi connectivity index (χ0) is 8.55. The lowest BCUT2D eigenvalue weighted by Crippen LogP contribution is -1.85. The van der Waals surface area contributed by atoms with E-state index in [0.29, 0.717) is 5.82 Å². The lowest BCUT2D eigenvalue weighted by molar-refractivity contribution is 0.282. The fourth-order valence-electron chi connectivity index (χ4n) is 1.10. The summed E-state index contributed by atoms with van der Waals surface area (Å²) < 4.78 is 5.07. The van der Waals surface area contributed by atoms with E-state index in [1.165, 1.54) is 11.5 Å². The van der Waals surface area contributed by atoms with Crippen LogP contribution in [0.1, 0.15) is 5.56 Å². The van der Waals surface area contributed by atoms with Crippen molar-refractivity contribution in [2.24, 2.45) is 0 Å². The summed E-state index contributed by atoms with van der Waals surface area (Å²) in [7, 11) is 0. The van der Waals surface area contributed by atoms with E-state index in [4.69, 9.17) is 10.8 Å². The number of anilines is 1. The summed E-state index contributed by atoms with van der Waals surface area (Å²) in [5.41, 5.74) is 6.49. The van der Waals surface area contributed by atoms with Crippen LogP contribution in [-0.2, 0) is 6.61 Å². The fourth-order valence-corrected chi connectivity index (χ4v) is 1.79. The maximum atomic E-state index is 8.87. The average Bonchev–Trinajstić information content (AvgIpc) is 2.47. The van der Waals surface area contributed by atoms with E-state index in [0.717, 1.165) is 15.6 Å². The van der Waals surface area contributed by atoms with Crippen LogP contribution in [0.2, 0.25) is 0 Å². The number of nitrogens with zero attached hydrogens (tertiary/aromatic N) is 1. The van der Waals surface area contributed by atoms with Gasteiger partial charge in [-0.25, -0.2) is 0 Å². The van der Waals surface area contributed by atoms with Gasteiger partial charge in [-0.2, -0.15) is 4.37 Å². The minimum absolute atomic E-state index is 0.0469. The minimum atomic E-state index is 0.0469. The standard InChI is InChI=1S/C8H8N2OS/c9-8-6-3-5(4-11)1-2-7(6)12-10-8/h1-3,11H,4H2,(H2,9,10). The number of fused-ring (bicyclic) bond motifs is 1. The van der Waals surface area contributed by atoms with Crippen molar-refractivity contribution in [3.8, 4) is 0 Å². The summed E-state index contributed by atoms with van der Waals surface area (Å²) in [6.07, 6.45) is 0. The summed E-state index contributed by atoms with van der Waals surface area (Å²) in [6, 6.07) is 5.67. The summed E-state index contributed by atoms with van der Waals surface area (Å²) >= 11 is 1.38. The lowest BCUT2D eigenvalue weighted by Gasteiger charge is -1.94. The van der Waals surface area contributed by atoms with Crippen LogP contribution in [0.5, 0.6) is 0 Å². The van der Waals surface area contributed by atoms with Crippen molar-refractivity contribution in [1.29, 1.82) is 0 Å². The maximum Gasteiger partial charge on any atom is 0.144 e. The van der Waals surface area contributed by atoms with Gasteiger partial charge in [0.25, 0.3) is 0 Å². The second kappa shape index (κ2) is 2.73. The van der Waals surface area contributed by atoms with Gasteiger partial charge in [0.05, 0.1) is 11.3 Å². The van der Waals surface area contributed by atoms with E-state index in [-0.39, 0.29) is 6.61 Å². The molecule has 0 radical (unpaired) electrons. The number of hydrogen-bond donors (Lipinski definition) is 2. The molecule has 0 unspecified atom stereocenters. The third-order valence-electron chi connectivity index (χ3n) is 1.74. The number of aromatic nitrogens is 1. The highest BCUT2D eigenvalue weighted by Gasteiger charge is 2.02. The molecule has 1 heterocycles. The van der Waals surface area contributed by atoms with Gasteiger partial charge in [0, 0.05) is 5.39 Å². The van der Waals surface area contributed by atoms with Gasteiger partial charge >= 0.3 is 0 Å². The number of aliphatic hydroxyl groups excluding tert-OH is 1. The van der Waals surface area contributed by atoms with Crippen LogP contribution in [0.4, 0.5) is 5.82 Å². The molecular formula is C8H8N2OS. The topological polar surface area (TPSA) is 59.1 Å². The molecule has 3 nitrogen and oxygen atoms in total. The van der Waals surface area contributed by atoms with Crippen LogP contribution < -0.4 is 5.73 Å². The Balaban J connectivity index is 2.71. The Bertz CT molecular complexity index is 410. The van der Waals surface area contributed by atoms with Gasteiger partial charge < -0.3 is 10.8 Å². The smallest absolute Gasteiger partial charge is 0.144 e. The summed E-state index contributed by atoms with van der Waals surface area (Å²) in [6.45, 7) is 0.0469. The minimum Gasteiger partial charge on any atom is -0.392 e. The number of nitrogen functional groups attached to an aromatic ring is 1. The number of hydrogen-bond acceptors (Lipinski definition) is 4. The molecule has 4 heteroatoms. The third-order valence-corrected chi connectivity index (χ3v) is 2.59. The number of benzene rings is 1. The molecule has 12 heavy (non-hydrogen) atoms. The molecule has 0 aliphatic heterocycles. The van der Waals surface area contributed by atoms with E-state index in [1.54, 1.807) is 0 Å². The highest BCUT2D eigenvalue weighted by Crippen LogP contribution is 2.25. The summed E-state index contributed by atoms with van der Waals surface area (Å²) in [5.74, 6) is 0.547. The normalized spacial score (nSPS) is 10.8. The molecule has 2 aromatic rings. The first-order valence-electron chi connectivity index (χ1n) is 3.56. The molecular weight excluding hydrogens is 172 g/mol. The van der Waals surface area contributed by atoms with Crippen LogP contribution in [0.15, 0.2) is 18.2 Å². The van der Waals surface area contributed by atoms with Crippen molar-refractivity contribution in [1.82, 2.24) is 4.37 Å². The Labute approximate surface area is 73.6 Å². The van der Waals surface area contributed by atoms with Crippen molar-refractivity contribution in [2.75, 3.05) is 5.73 Å². The average molecular weight is 180 g/mol. The van der Waals surface area contributed by atoms with Gasteiger partial charge in [-0.3, -0.25) is 0 Å². The predicted molar refractivity (Wildman–Crippen MR) is 50.0 cm³/mol. The molecule has 0 aliphatic carbocycles. The predicted octanol–water partition coefficient (Wildman–Crippen LogP) is 1.37. The first-order chi connectivity index (χ1) is 5.81. The molecule has 1 aromatic carbocycles. The van der Waals surface area contributed by atoms with Gasteiger partial charge in [-0.1, -0.05) is 6.07 Å². The Morgan fingerprint density at radius 3 is 3.08 bits per heavy atom. The van der Waals surface area contributed by atoms with E-state index in [1.807, 2.05) is 18.2 Å². The number of aliphatic hydroxyl groups is 1. The summed E-state index contributed by atoms with van der Waals surface area (Å²) in [5, 5.41) is 9.80. The quantitative estimate of drug-likeness (QED) is 0.696.